The van der Waals surface area contributed by atoms with Crippen LogP contribution >= 0.6 is 0 Å². The van der Waals surface area contributed by atoms with Crippen LogP contribution in [0.3, 0.4) is 0 Å². The normalized spacial score (nSPS) is 18.3. The van der Waals surface area contributed by atoms with Gasteiger partial charge in [-0.05, 0) is 91.6 Å². The summed E-state index contributed by atoms with van der Waals surface area (Å²) in [5, 5.41) is 26.8. The molecule has 45 heteroatoms. The molecule has 17 heterocycles. The van der Waals surface area contributed by atoms with E-state index >= 15 is 0 Å². The lowest BCUT2D eigenvalue weighted by atomic mass is 10.00. The van der Waals surface area contributed by atoms with E-state index < -0.39 is 77.7 Å². The molecule has 0 bridgehead atoms. The van der Waals surface area contributed by atoms with Crippen molar-refractivity contribution in [3.05, 3.63) is 248 Å². The van der Waals surface area contributed by atoms with Gasteiger partial charge in [-0.15, -0.1) is 0 Å². The van der Waals surface area contributed by atoms with Crippen LogP contribution in [0.4, 0.5) is 0 Å². The van der Waals surface area contributed by atoms with Gasteiger partial charge >= 0.3 is 0 Å². The number of nitrogens with zero attached hydrogens (tertiary/aromatic N) is 17. The van der Waals surface area contributed by atoms with Gasteiger partial charge in [0.25, 0.3) is 35.4 Å². The fourth-order valence-electron chi connectivity index (χ4n) is 12.4. The number of nitrogens with one attached hydrogen (secondary N) is 6. The van der Waals surface area contributed by atoms with Crippen molar-refractivity contribution in [3.8, 4) is 79.0 Å². The highest BCUT2D eigenvalue weighted by Gasteiger charge is 2.30. The molecule has 6 atom stereocenters. The van der Waals surface area contributed by atoms with Crippen LogP contribution in [0, 0.1) is 13.8 Å². The molecule has 1 aliphatic carbocycles. The number of rotatable bonds is 17. The molecule has 6 amide bonds. The molecule has 628 valence electrons. The van der Waals surface area contributed by atoms with Gasteiger partial charge in [0.05, 0.1) is 71.8 Å². The van der Waals surface area contributed by atoms with E-state index in [1.54, 1.807) is 132 Å². The van der Waals surface area contributed by atoms with Crippen LogP contribution in [0.25, 0.3) is 85.8 Å². The number of pyridine rings is 5. The highest BCUT2D eigenvalue weighted by atomic mass is 32.2. The molecule has 6 unspecified atom stereocenters. The average molecular weight is 1780 g/mol. The number of methoxy groups -OCH3 is 4. The summed E-state index contributed by atoms with van der Waals surface area (Å²) in [6.45, 7) is 5.87. The molecular weight excluding hydrogens is 1710 g/mol. The first-order chi connectivity index (χ1) is 59.4. The first-order valence-corrected chi connectivity index (χ1v) is 43.3. The second-order valence-corrected chi connectivity index (χ2v) is 33.4. The second kappa shape index (κ2) is 37.9. The van der Waals surface area contributed by atoms with Gasteiger partial charge in [-0.1, -0.05) is 37.3 Å². The zero-order valence-corrected chi connectivity index (χ0v) is 70.4. The molecule has 0 radical (unpaired) electrons. The molecule has 123 heavy (non-hydrogen) atoms. The SMILES string of the molecule is CCc1ccc(-c2cnn(C3=CC(=O)NS3=O)c2)cn1.COc1ccc(-c2cnn(C3=CC(=O)NS3=O)c2)c(C)n1.COc1ccc(-c2cnn(C3=CC(=O)NS3=O)c2)c(OC)n1.COc1cncc(-c2cnn(C3=CC(=O)NS3=O)c2)c1.Cc1cncc(-c2cnn(C3=CC(=O)NS3=O)c2)c1.O=C1C=C(n2cc(C3Cc4ccccc4C3)cn2)S(=O)N1. The van der Waals surface area contributed by atoms with Gasteiger partial charge in [0.1, 0.15) is 5.75 Å². The molecule has 0 saturated heterocycles. The van der Waals surface area contributed by atoms with Gasteiger partial charge in [0, 0.05) is 178 Å². The van der Waals surface area contributed by atoms with Crippen LogP contribution in [0.2, 0.25) is 0 Å². The number of aryl methyl sites for hydroxylation is 3. The first-order valence-electron chi connectivity index (χ1n) is 36.4. The Balaban J connectivity index is 0.000000120. The number of carbonyl (C=O) groups is 6. The molecule has 39 nitrogen and oxygen atoms in total. The van der Waals surface area contributed by atoms with E-state index in [-0.39, 0.29) is 28.7 Å². The van der Waals surface area contributed by atoms with Crippen molar-refractivity contribution in [2.45, 2.75) is 46.0 Å². The van der Waals surface area contributed by atoms with Crippen molar-refractivity contribution < 1.29 is 73.0 Å². The van der Waals surface area contributed by atoms with E-state index in [0.29, 0.717) is 65.6 Å². The minimum Gasteiger partial charge on any atom is -0.495 e. The van der Waals surface area contributed by atoms with Gasteiger partial charge in [-0.25, -0.2) is 58.3 Å². The fraction of sp³-hybridized carbons (Fsp3) is 0.141. The van der Waals surface area contributed by atoms with Crippen molar-refractivity contribution in [3.63, 3.8) is 0 Å². The quantitative estimate of drug-likeness (QED) is 0.0677. The van der Waals surface area contributed by atoms with Gasteiger partial charge < -0.3 is 18.9 Å². The lowest BCUT2D eigenvalue weighted by Crippen LogP contribution is -2.17. The minimum atomic E-state index is -1.60. The Labute approximate surface area is 713 Å². The molecule has 19 rings (SSSR count). The van der Waals surface area contributed by atoms with Gasteiger partial charge in [-0.2, -0.15) is 35.6 Å². The van der Waals surface area contributed by atoms with Crippen LogP contribution in [0.5, 0.6) is 23.4 Å². The van der Waals surface area contributed by atoms with Crippen molar-refractivity contribution in [2.75, 3.05) is 28.4 Å². The Hall–Kier alpha value is -14.4. The summed E-state index contributed by atoms with van der Waals surface area (Å²) >= 11 is 0. The summed E-state index contributed by atoms with van der Waals surface area (Å²) < 4.78 is 113. The Morgan fingerprint density at radius 2 is 0.756 bits per heavy atom. The largest absolute Gasteiger partial charge is 0.495 e. The Kier molecular flexibility index (Phi) is 26.2. The third-order valence-corrected chi connectivity index (χ3v) is 24.8. The van der Waals surface area contributed by atoms with Crippen molar-refractivity contribution in [1.29, 1.82) is 0 Å². The standard InChI is InChI=1S/C15H13N3O2S.C13H12N4O4S.C13H12N4O3S.C13H12N4O2S.C12H10N4O3S.C12H10N4O2S/c19-14-7-15(21(20)17-14)18-9-13(8-16-18)12-5-10-3-1-2-4-11(10)6-12;1-20-11-4-3-9(13(15-11)21-2)8-6-14-17(7-8)12-5-10(18)16-22(12)19;1-8-10(3-4-12(15-8)20-2)9-6-14-17(7-9)13-5-11(18)16-21(13)19;1-2-11-4-3-9(6-14-11)10-7-15-17(8-10)13-5-12(18)16-20(13)19;1-19-10-2-8(4-13-6-10)9-5-14-16(7-9)12-3-11(17)15-20(12)18;1-8-2-9(5-13-4-8)10-6-14-16(7-10)12-3-11(17)15-19(12)18/h1-4,7-9,12H,5-6H2,(H,17,19);3-7H,1-2H3,(H,16,18);3-7H,1-2H3,(H,16,18);3-8H,2H2,1H3,(H,16,18);2-7H,1H3,(H,15,17);2-7H,1H3,(H,15,17). The van der Waals surface area contributed by atoms with Gasteiger partial charge in [0.15, 0.2) is 96.1 Å². The van der Waals surface area contributed by atoms with E-state index in [1.807, 2.05) is 57.3 Å². The molecule has 0 fully saturated rings. The summed E-state index contributed by atoms with van der Waals surface area (Å²) in [7, 11) is -3.18. The van der Waals surface area contributed by atoms with E-state index in [1.165, 1.54) is 89.9 Å². The number of amides is 6. The number of hydrogen-bond acceptors (Lipinski definition) is 27. The second-order valence-electron chi connectivity index (χ2n) is 26.4. The Morgan fingerprint density at radius 1 is 0.374 bits per heavy atom. The topological polar surface area (TPSA) is 485 Å². The van der Waals surface area contributed by atoms with Crippen LogP contribution in [-0.2, 0) is 114 Å². The van der Waals surface area contributed by atoms with Crippen LogP contribution in [0.1, 0.15) is 46.5 Å². The molecule has 6 N–H and O–H groups in total. The summed E-state index contributed by atoms with van der Waals surface area (Å²) in [5.41, 5.74) is 15.1. The smallest absolute Gasteiger partial charge is 0.258 e. The number of benzene rings is 1. The zero-order chi connectivity index (χ0) is 86.7. The minimum absolute atomic E-state index is 0.275. The van der Waals surface area contributed by atoms with Crippen molar-refractivity contribution in [1.82, 2.24) is 112 Å². The maximum absolute atomic E-state index is 11.7. The number of carbonyl (C=O) groups excluding carboxylic acids is 6. The first kappa shape index (κ1) is 85.0. The lowest BCUT2D eigenvalue weighted by molar-refractivity contribution is -0.115. The van der Waals surface area contributed by atoms with Crippen molar-refractivity contribution in [2.24, 2.45) is 0 Å². The summed E-state index contributed by atoms with van der Waals surface area (Å²) in [6, 6.07) is 23.3. The molecule has 12 aromatic rings. The van der Waals surface area contributed by atoms with Gasteiger partial charge in [0.2, 0.25) is 17.6 Å². The van der Waals surface area contributed by atoms with E-state index in [9.17, 15) is 54.0 Å². The molecule has 0 saturated carbocycles. The highest BCUT2D eigenvalue weighted by molar-refractivity contribution is 7.95. The van der Waals surface area contributed by atoms with Crippen molar-refractivity contribution >= 4 is 132 Å². The predicted octanol–water partition coefficient (Wildman–Crippen LogP) is 5.26. The number of ether oxygens (including phenoxy) is 4. The molecule has 6 aliphatic heterocycles. The van der Waals surface area contributed by atoms with Crippen LogP contribution in [-0.4, -0.2) is 173 Å². The van der Waals surface area contributed by atoms with E-state index in [2.05, 4.69) is 108 Å². The third kappa shape index (κ3) is 20.1. The van der Waals surface area contributed by atoms with Crippen LogP contribution < -0.4 is 47.3 Å². The van der Waals surface area contributed by atoms with Crippen LogP contribution in [0.15, 0.2) is 215 Å². The van der Waals surface area contributed by atoms with Gasteiger partial charge in [-0.3, -0.25) is 72.1 Å². The number of fused-ring (bicyclic) bond motifs is 1. The number of aromatic nitrogens is 17. The summed E-state index contributed by atoms with van der Waals surface area (Å²) in [4.78, 5) is 88.1. The molecule has 1 aromatic carbocycles. The van der Waals surface area contributed by atoms with E-state index in [4.69, 9.17) is 18.9 Å². The molecular formula is C78H69N23O16S6. The zero-order valence-electron chi connectivity index (χ0n) is 65.5. The predicted molar refractivity (Wildman–Crippen MR) is 455 cm³/mol. The lowest BCUT2D eigenvalue weighted by Gasteiger charge is -2.07. The third-order valence-electron chi connectivity index (χ3n) is 18.4. The maximum atomic E-state index is 11.7. The maximum Gasteiger partial charge on any atom is 0.258 e. The Bertz CT molecular complexity index is 6530. The fourth-order valence-corrected chi connectivity index (χ4v) is 17.4. The van der Waals surface area contributed by atoms with E-state index in [0.717, 1.165) is 86.3 Å². The Morgan fingerprint density at radius 3 is 1.14 bits per heavy atom. The summed E-state index contributed by atoms with van der Waals surface area (Å²) in [5.74, 6) is 0.122. The summed E-state index contributed by atoms with van der Waals surface area (Å²) in [6.07, 6.45) is 39.4. The molecule has 0 spiro atoms. The highest BCUT2D eigenvalue weighted by Crippen LogP contribution is 2.36. The monoisotopic (exact) mass is 1780 g/mol. The molecule has 11 aromatic heterocycles. The molecule has 7 aliphatic rings. The average Bonchev–Trinajstić information content (AvgIpc) is 1.59. The number of hydrogen-bond donors (Lipinski definition) is 6.